The SMILES string of the molecule is CCn1c(C(=O)N(C2CC2)C2CC2)cc2c3nc[nH]c3c(Nc3cn[nH]c3)nc21. The van der Waals surface area contributed by atoms with Gasteiger partial charge in [-0.05, 0) is 38.7 Å². The van der Waals surface area contributed by atoms with Gasteiger partial charge in [0.2, 0.25) is 0 Å². The summed E-state index contributed by atoms with van der Waals surface area (Å²) in [6.07, 6.45) is 9.61. The number of aromatic amines is 2. The van der Waals surface area contributed by atoms with Crippen molar-refractivity contribution in [3.8, 4) is 0 Å². The molecule has 0 unspecified atom stereocenters. The molecule has 1 amide bonds. The molecule has 0 radical (unpaired) electrons. The monoisotopic (exact) mass is 390 g/mol. The van der Waals surface area contributed by atoms with Gasteiger partial charge in [0.1, 0.15) is 22.4 Å². The summed E-state index contributed by atoms with van der Waals surface area (Å²) in [6, 6.07) is 2.79. The largest absolute Gasteiger partial charge is 0.342 e. The van der Waals surface area contributed by atoms with Gasteiger partial charge in [-0.15, -0.1) is 0 Å². The third-order valence-corrected chi connectivity index (χ3v) is 5.83. The summed E-state index contributed by atoms with van der Waals surface area (Å²) in [5, 5.41) is 11.0. The molecule has 0 bridgehead atoms. The van der Waals surface area contributed by atoms with E-state index in [9.17, 15) is 4.79 Å². The van der Waals surface area contributed by atoms with Crippen LogP contribution in [-0.4, -0.2) is 52.6 Å². The lowest BCUT2D eigenvalue weighted by Gasteiger charge is -2.22. The highest BCUT2D eigenvalue weighted by molar-refractivity contribution is 6.09. The molecule has 148 valence electrons. The van der Waals surface area contributed by atoms with Crippen LogP contribution in [0.25, 0.3) is 22.1 Å². The average Bonchev–Trinajstić information content (AvgIpc) is 3.58. The Labute approximate surface area is 166 Å². The summed E-state index contributed by atoms with van der Waals surface area (Å²) >= 11 is 0. The summed E-state index contributed by atoms with van der Waals surface area (Å²) in [7, 11) is 0. The van der Waals surface area contributed by atoms with Crippen molar-refractivity contribution in [1.29, 1.82) is 0 Å². The molecule has 3 N–H and O–H groups in total. The number of amides is 1. The zero-order valence-electron chi connectivity index (χ0n) is 16.1. The summed E-state index contributed by atoms with van der Waals surface area (Å²) < 4.78 is 2.02. The Morgan fingerprint density at radius 1 is 1.31 bits per heavy atom. The number of aryl methyl sites for hydroxylation is 1. The van der Waals surface area contributed by atoms with Crippen molar-refractivity contribution in [2.75, 3.05) is 5.32 Å². The fourth-order valence-corrected chi connectivity index (χ4v) is 4.19. The third kappa shape index (κ3) is 2.60. The van der Waals surface area contributed by atoms with Crippen LogP contribution in [0.1, 0.15) is 43.1 Å². The summed E-state index contributed by atoms with van der Waals surface area (Å²) in [5.41, 5.74) is 3.91. The van der Waals surface area contributed by atoms with Crippen LogP contribution >= 0.6 is 0 Å². The topological polar surface area (TPSA) is 108 Å². The number of imidazole rings is 1. The van der Waals surface area contributed by atoms with Gasteiger partial charge in [-0.3, -0.25) is 9.89 Å². The Kier molecular flexibility index (Phi) is 3.47. The zero-order chi connectivity index (χ0) is 19.5. The number of H-pyrrole nitrogens is 2. The van der Waals surface area contributed by atoms with Gasteiger partial charge in [-0.2, -0.15) is 5.10 Å². The number of aromatic nitrogens is 6. The highest BCUT2D eigenvalue weighted by Gasteiger charge is 2.43. The standard InChI is InChI=1S/C20H22N8O/c1-2-27-15(20(29)28(12-3-4-12)13-5-6-13)7-14-16-17(22-10-21-16)18(26-19(14)27)25-11-8-23-24-9-11/h7-10,12-13H,2-6H2,1H3,(H,21,22)(H,23,24)(H,25,26). The van der Waals surface area contributed by atoms with Gasteiger partial charge in [-0.1, -0.05) is 0 Å². The third-order valence-electron chi connectivity index (χ3n) is 5.83. The number of hydrogen-bond donors (Lipinski definition) is 3. The van der Waals surface area contributed by atoms with Crippen LogP contribution in [-0.2, 0) is 6.54 Å². The van der Waals surface area contributed by atoms with Crippen LogP contribution in [0.2, 0.25) is 0 Å². The van der Waals surface area contributed by atoms with Crippen molar-refractivity contribution in [2.24, 2.45) is 0 Å². The number of nitrogens with zero attached hydrogens (tertiary/aromatic N) is 5. The lowest BCUT2D eigenvalue weighted by atomic mass is 10.2. The van der Waals surface area contributed by atoms with E-state index in [0.29, 0.717) is 30.1 Å². The second kappa shape index (κ2) is 6.07. The molecule has 0 spiro atoms. The number of pyridine rings is 1. The number of hydrogen-bond acceptors (Lipinski definition) is 5. The maximum atomic E-state index is 13.5. The molecule has 2 saturated carbocycles. The van der Waals surface area contributed by atoms with Crippen LogP contribution in [0.4, 0.5) is 11.5 Å². The average molecular weight is 390 g/mol. The molecule has 0 aliphatic heterocycles. The first kappa shape index (κ1) is 16.6. The van der Waals surface area contributed by atoms with Crippen LogP contribution in [0.15, 0.2) is 24.8 Å². The number of fused-ring (bicyclic) bond motifs is 3. The van der Waals surface area contributed by atoms with Crippen LogP contribution in [0.5, 0.6) is 0 Å². The Bertz CT molecular complexity index is 1200. The quantitative estimate of drug-likeness (QED) is 0.469. The lowest BCUT2D eigenvalue weighted by Crippen LogP contribution is -2.36. The predicted octanol–water partition coefficient (Wildman–Crippen LogP) is 3.17. The van der Waals surface area contributed by atoms with E-state index in [1.54, 1.807) is 18.7 Å². The van der Waals surface area contributed by atoms with Gasteiger partial charge < -0.3 is 19.8 Å². The molecular weight excluding hydrogens is 368 g/mol. The highest BCUT2D eigenvalue weighted by atomic mass is 16.2. The molecule has 4 heterocycles. The van der Waals surface area contributed by atoms with Crippen molar-refractivity contribution in [3.05, 3.63) is 30.5 Å². The van der Waals surface area contributed by atoms with Crippen LogP contribution in [0, 0.1) is 0 Å². The maximum absolute atomic E-state index is 13.5. The molecule has 4 aromatic rings. The Morgan fingerprint density at radius 3 is 2.76 bits per heavy atom. The first-order chi connectivity index (χ1) is 14.2. The molecule has 6 rings (SSSR count). The molecule has 9 nitrogen and oxygen atoms in total. The summed E-state index contributed by atoms with van der Waals surface area (Å²) in [5.74, 6) is 0.794. The minimum absolute atomic E-state index is 0.128. The molecule has 4 aromatic heterocycles. The minimum Gasteiger partial charge on any atom is -0.342 e. The first-order valence-electron chi connectivity index (χ1n) is 10.2. The second-order valence-corrected chi connectivity index (χ2v) is 7.88. The molecule has 2 aliphatic rings. The number of anilines is 2. The maximum Gasteiger partial charge on any atom is 0.271 e. The van der Waals surface area contributed by atoms with Crippen molar-refractivity contribution >= 4 is 39.5 Å². The van der Waals surface area contributed by atoms with Gasteiger partial charge in [0.25, 0.3) is 5.91 Å². The second-order valence-electron chi connectivity index (χ2n) is 7.88. The fraction of sp³-hybridized carbons (Fsp3) is 0.400. The molecule has 29 heavy (non-hydrogen) atoms. The normalized spacial score (nSPS) is 16.6. The van der Waals surface area contributed by atoms with Gasteiger partial charge >= 0.3 is 0 Å². The van der Waals surface area contributed by atoms with Crippen molar-refractivity contribution in [1.82, 2.24) is 34.6 Å². The molecule has 0 saturated heterocycles. The zero-order valence-corrected chi connectivity index (χ0v) is 16.1. The molecule has 0 aromatic carbocycles. The van der Waals surface area contributed by atoms with E-state index in [2.05, 4.69) is 37.3 Å². The summed E-state index contributed by atoms with van der Waals surface area (Å²) in [4.78, 5) is 28.2. The Balaban J connectivity index is 1.51. The molecular formula is C20H22N8O. The number of rotatable bonds is 6. The molecule has 0 atom stereocenters. The van der Waals surface area contributed by atoms with Gasteiger partial charge in [0.15, 0.2) is 5.82 Å². The number of nitrogens with one attached hydrogen (secondary N) is 3. The van der Waals surface area contributed by atoms with Crippen molar-refractivity contribution in [3.63, 3.8) is 0 Å². The van der Waals surface area contributed by atoms with E-state index in [1.165, 1.54) is 0 Å². The Morgan fingerprint density at radius 2 is 2.10 bits per heavy atom. The van der Waals surface area contributed by atoms with E-state index in [0.717, 1.165) is 53.4 Å². The van der Waals surface area contributed by atoms with Crippen molar-refractivity contribution < 1.29 is 4.79 Å². The molecule has 2 aliphatic carbocycles. The van der Waals surface area contributed by atoms with Crippen LogP contribution < -0.4 is 5.32 Å². The number of carbonyl (C=O) groups excluding carboxylic acids is 1. The number of carbonyl (C=O) groups is 1. The van der Waals surface area contributed by atoms with Crippen molar-refractivity contribution in [2.45, 2.75) is 51.2 Å². The highest BCUT2D eigenvalue weighted by Crippen LogP contribution is 2.39. The smallest absolute Gasteiger partial charge is 0.271 e. The van der Waals surface area contributed by atoms with Crippen LogP contribution in [0.3, 0.4) is 0 Å². The summed E-state index contributed by atoms with van der Waals surface area (Å²) in [6.45, 7) is 2.72. The lowest BCUT2D eigenvalue weighted by molar-refractivity contribution is 0.0719. The predicted molar refractivity (Wildman–Crippen MR) is 109 cm³/mol. The Hall–Kier alpha value is -3.36. The van der Waals surface area contributed by atoms with E-state index >= 15 is 0 Å². The van der Waals surface area contributed by atoms with E-state index in [4.69, 9.17) is 4.98 Å². The van der Waals surface area contributed by atoms with Gasteiger partial charge in [0.05, 0.1) is 18.2 Å². The van der Waals surface area contributed by atoms with Gasteiger partial charge in [-0.25, -0.2) is 9.97 Å². The minimum atomic E-state index is 0.128. The van der Waals surface area contributed by atoms with E-state index < -0.39 is 0 Å². The van der Waals surface area contributed by atoms with Gasteiger partial charge in [0, 0.05) is 30.2 Å². The first-order valence-corrected chi connectivity index (χ1v) is 10.2. The fourth-order valence-electron chi connectivity index (χ4n) is 4.19. The molecule has 9 heteroatoms. The van der Waals surface area contributed by atoms with E-state index in [-0.39, 0.29) is 5.91 Å². The van der Waals surface area contributed by atoms with E-state index in [1.807, 2.05) is 10.6 Å². The molecule has 2 fully saturated rings.